The zero-order chi connectivity index (χ0) is 13.8. The molecule has 3 atom stereocenters. The van der Waals surface area contributed by atoms with Gasteiger partial charge in [-0.1, -0.05) is 26.2 Å². The molecule has 3 nitrogen and oxygen atoms in total. The second-order valence-electron chi connectivity index (χ2n) is 5.89. The molecule has 1 aliphatic carbocycles. The quantitative estimate of drug-likeness (QED) is 0.893. The SMILES string of the molecule is CCCC1CCC(CNC)C(c2c(Br)cnn2C)C1. The van der Waals surface area contributed by atoms with Crippen molar-refractivity contribution in [1.29, 1.82) is 0 Å². The van der Waals surface area contributed by atoms with E-state index in [1.807, 2.05) is 6.20 Å². The van der Waals surface area contributed by atoms with Crippen molar-refractivity contribution in [2.24, 2.45) is 18.9 Å². The van der Waals surface area contributed by atoms with Crippen molar-refractivity contribution >= 4 is 15.9 Å². The first kappa shape index (κ1) is 15.0. The molecule has 3 unspecified atom stereocenters. The van der Waals surface area contributed by atoms with Crippen molar-refractivity contribution in [3.63, 3.8) is 0 Å². The number of nitrogens with zero attached hydrogens (tertiary/aromatic N) is 2. The van der Waals surface area contributed by atoms with Crippen LogP contribution in [-0.2, 0) is 7.05 Å². The zero-order valence-electron chi connectivity index (χ0n) is 12.3. The van der Waals surface area contributed by atoms with Crippen molar-refractivity contribution in [2.75, 3.05) is 13.6 Å². The van der Waals surface area contributed by atoms with Gasteiger partial charge in [0, 0.05) is 13.0 Å². The van der Waals surface area contributed by atoms with E-state index in [1.165, 1.54) is 42.3 Å². The Morgan fingerprint density at radius 3 is 2.84 bits per heavy atom. The van der Waals surface area contributed by atoms with Crippen LogP contribution in [0.15, 0.2) is 10.7 Å². The van der Waals surface area contributed by atoms with Gasteiger partial charge in [0.15, 0.2) is 0 Å². The van der Waals surface area contributed by atoms with Crippen LogP contribution in [-0.4, -0.2) is 23.4 Å². The predicted octanol–water partition coefficient (Wildman–Crippen LogP) is 3.70. The summed E-state index contributed by atoms with van der Waals surface area (Å²) in [6.07, 6.45) is 8.67. The summed E-state index contributed by atoms with van der Waals surface area (Å²) in [6, 6.07) is 0. The number of aromatic nitrogens is 2. The molecule has 0 bridgehead atoms. The van der Waals surface area contributed by atoms with E-state index in [4.69, 9.17) is 0 Å². The van der Waals surface area contributed by atoms with Crippen molar-refractivity contribution in [2.45, 2.75) is 44.9 Å². The third kappa shape index (κ3) is 3.40. The minimum Gasteiger partial charge on any atom is -0.319 e. The van der Waals surface area contributed by atoms with Gasteiger partial charge in [-0.05, 0) is 54.2 Å². The number of nitrogens with one attached hydrogen (secondary N) is 1. The van der Waals surface area contributed by atoms with E-state index in [0.29, 0.717) is 5.92 Å². The maximum atomic E-state index is 4.41. The number of aryl methyl sites for hydroxylation is 1. The van der Waals surface area contributed by atoms with Crippen LogP contribution in [0, 0.1) is 11.8 Å². The van der Waals surface area contributed by atoms with Crippen molar-refractivity contribution in [3.8, 4) is 0 Å². The zero-order valence-corrected chi connectivity index (χ0v) is 13.9. The monoisotopic (exact) mass is 327 g/mol. The van der Waals surface area contributed by atoms with E-state index in [9.17, 15) is 0 Å². The molecule has 1 saturated carbocycles. The fourth-order valence-electron chi connectivity index (χ4n) is 3.67. The molecule has 19 heavy (non-hydrogen) atoms. The van der Waals surface area contributed by atoms with Crippen LogP contribution in [0.5, 0.6) is 0 Å². The summed E-state index contributed by atoms with van der Waals surface area (Å²) in [4.78, 5) is 0. The van der Waals surface area contributed by atoms with Crippen LogP contribution in [0.25, 0.3) is 0 Å². The number of hydrogen-bond donors (Lipinski definition) is 1. The summed E-state index contributed by atoms with van der Waals surface area (Å²) in [7, 11) is 4.13. The van der Waals surface area contributed by atoms with Gasteiger partial charge in [-0.3, -0.25) is 4.68 Å². The van der Waals surface area contributed by atoms with Crippen LogP contribution in [0.3, 0.4) is 0 Å². The fraction of sp³-hybridized carbons (Fsp3) is 0.800. The highest BCUT2D eigenvalue weighted by Gasteiger charge is 2.33. The first-order valence-electron chi connectivity index (χ1n) is 7.49. The third-order valence-electron chi connectivity index (χ3n) is 4.55. The largest absolute Gasteiger partial charge is 0.319 e. The van der Waals surface area contributed by atoms with E-state index in [-0.39, 0.29) is 0 Å². The van der Waals surface area contributed by atoms with Gasteiger partial charge in [-0.15, -0.1) is 0 Å². The molecular weight excluding hydrogens is 302 g/mol. The minimum atomic E-state index is 0.639. The second kappa shape index (κ2) is 6.89. The smallest absolute Gasteiger partial charge is 0.0635 e. The Morgan fingerprint density at radius 1 is 1.47 bits per heavy atom. The summed E-state index contributed by atoms with van der Waals surface area (Å²) in [5.41, 5.74) is 1.39. The molecular formula is C15H26BrN3. The summed E-state index contributed by atoms with van der Waals surface area (Å²) < 4.78 is 3.24. The van der Waals surface area contributed by atoms with E-state index in [1.54, 1.807) is 0 Å². The van der Waals surface area contributed by atoms with E-state index in [0.717, 1.165) is 18.4 Å². The normalized spacial score (nSPS) is 27.7. The highest BCUT2D eigenvalue weighted by atomic mass is 79.9. The van der Waals surface area contributed by atoms with Crippen LogP contribution in [0.1, 0.15) is 50.6 Å². The van der Waals surface area contributed by atoms with Gasteiger partial charge < -0.3 is 5.32 Å². The van der Waals surface area contributed by atoms with Crippen molar-refractivity contribution in [3.05, 3.63) is 16.4 Å². The molecule has 0 aliphatic heterocycles. The molecule has 0 spiro atoms. The lowest BCUT2D eigenvalue weighted by Gasteiger charge is -2.36. The van der Waals surface area contributed by atoms with E-state index >= 15 is 0 Å². The average Bonchev–Trinajstić information content (AvgIpc) is 2.72. The van der Waals surface area contributed by atoms with Crippen LogP contribution in [0.4, 0.5) is 0 Å². The summed E-state index contributed by atoms with van der Waals surface area (Å²) in [6.45, 7) is 3.41. The Morgan fingerprint density at radius 2 is 2.26 bits per heavy atom. The first-order chi connectivity index (χ1) is 9.17. The molecule has 4 heteroatoms. The molecule has 0 aromatic carbocycles. The van der Waals surface area contributed by atoms with Gasteiger partial charge in [0.2, 0.25) is 0 Å². The molecule has 1 aromatic heterocycles. The molecule has 1 aliphatic rings. The Hall–Kier alpha value is -0.350. The van der Waals surface area contributed by atoms with Gasteiger partial charge >= 0.3 is 0 Å². The maximum Gasteiger partial charge on any atom is 0.0635 e. The van der Waals surface area contributed by atoms with Crippen molar-refractivity contribution < 1.29 is 0 Å². The van der Waals surface area contributed by atoms with Gasteiger partial charge in [-0.2, -0.15) is 5.10 Å². The third-order valence-corrected chi connectivity index (χ3v) is 5.17. The highest BCUT2D eigenvalue weighted by Crippen LogP contribution is 2.43. The van der Waals surface area contributed by atoms with Crippen LogP contribution in [0.2, 0.25) is 0 Å². The van der Waals surface area contributed by atoms with Crippen molar-refractivity contribution in [1.82, 2.24) is 15.1 Å². The Labute approximate surface area is 125 Å². The van der Waals surface area contributed by atoms with Gasteiger partial charge in [0.05, 0.1) is 16.4 Å². The standard InChI is InChI=1S/C15H26BrN3/c1-4-5-11-6-7-12(9-17-2)13(8-11)15-14(16)10-18-19(15)3/h10-13,17H,4-9H2,1-3H3. The number of rotatable bonds is 5. The second-order valence-corrected chi connectivity index (χ2v) is 6.75. The first-order valence-corrected chi connectivity index (χ1v) is 8.28. The molecule has 0 saturated heterocycles. The summed E-state index contributed by atoms with van der Waals surface area (Å²) in [5, 5.41) is 7.78. The summed E-state index contributed by atoms with van der Waals surface area (Å²) in [5.74, 6) is 2.27. The summed E-state index contributed by atoms with van der Waals surface area (Å²) >= 11 is 3.69. The Balaban J connectivity index is 2.20. The topological polar surface area (TPSA) is 29.9 Å². The molecule has 0 radical (unpaired) electrons. The van der Waals surface area contributed by atoms with Crippen LogP contribution < -0.4 is 5.32 Å². The average molecular weight is 328 g/mol. The molecule has 0 amide bonds. The maximum absolute atomic E-state index is 4.41. The molecule has 108 valence electrons. The fourth-order valence-corrected chi connectivity index (χ4v) is 4.31. The molecule has 1 aromatic rings. The van der Waals surface area contributed by atoms with Gasteiger partial charge in [0.1, 0.15) is 0 Å². The Bertz CT molecular complexity index is 383. The van der Waals surface area contributed by atoms with Gasteiger partial charge in [-0.25, -0.2) is 0 Å². The molecule has 1 N–H and O–H groups in total. The number of hydrogen-bond acceptors (Lipinski definition) is 2. The van der Waals surface area contributed by atoms with Crippen LogP contribution >= 0.6 is 15.9 Å². The van der Waals surface area contributed by atoms with E-state index < -0.39 is 0 Å². The molecule has 1 fully saturated rings. The molecule has 2 rings (SSSR count). The lowest BCUT2D eigenvalue weighted by molar-refractivity contribution is 0.216. The highest BCUT2D eigenvalue weighted by molar-refractivity contribution is 9.10. The lowest BCUT2D eigenvalue weighted by Crippen LogP contribution is -2.31. The molecule has 1 heterocycles. The number of halogens is 1. The Kier molecular flexibility index (Phi) is 5.46. The predicted molar refractivity (Wildman–Crippen MR) is 83.3 cm³/mol. The van der Waals surface area contributed by atoms with E-state index in [2.05, 4.69) is 52.0 Å². The minimum absolute atomic E-state index is 0.639. The lowest BCUT2D eigenvalue weighted by atomic mass is 9.71. The van der Waals surface area contributed by atoms with Gasteiger partial charge in [0.25, 0.3) is 0 Å².